The third-order valence-corrected chi connectivity index (χ3v) is 4.35. The highest BCUT2D eigenvalue weighted by Crippen LogP contribution is 2.18. The number of hydrogen-bond acceptors (Lipinski definition) is 4. The summed E-state index contributed by atoms with van der Waals surface area (Å²) in [5.41, 5.74) is 3.29. The zero-order valence-corrected chi connectivity index (χ0v) is 17.0. The van der Waals surface area contributed by atoms with Gasteiger partial charge in [0.2, 0.25) is 11.8 Å². The Morgan fingerprint density at radius 2 is 1.37 bits per heavy atom. The zero-order valence-electron chi connectivity index (χ0n) is 17.0. The number of anilines is 3. The molecule has 154 valence electrons. The van der Waals surface area contributed by atoms with E-state index >= 15 is 0 Å². The molecule has 3 aromatic carbocycles. The lowest BCUT2D eigenvalue weighted by molar-refractivity contribution is -0.116. The number of hydrogen-bond donors (Lipinski definition) is 3. The Balaban J connectivity index is 1.49. The summed E-state index contributed by atoms with van der Waals surface area (Å²) in [4.78, 5) is 23.5. The van der Waals surface area contributed by atoms with Crippen molar-refractivity contribution in [3.05, 3.63) is 84.4 Å². The van der Waals surface area contributed by atoms with Gasteiger partial charge in [-0.2, -0.15) is 0 Å². The van der Waals surface area contributed by atoms with Gasteiger partial charge in [-0.15, -0.1) is 0 Å². The lowest BCUT2D eigenvalue weighted by Crippen LogP contribution is -2.31. The van der Waals surface area contributed by atoms with Crippen LogP contribution in [0.1, 0.15) is 19.4 Å². The molecule has 0 fully saturated rings. The molecule has 3 rings (SSSR count). The largest absolute Gasteiger partial charge is 0.489 e. The van der Waals surface area contributed by atoms with Crippen LogP contribution in [-0.2, 0) is 16.2 Å². The first-order chi connectivity index (χ1) is 14.5. The Bertz CT molecular complexity index is 971. The van der Waals surface area contributed by atoms with E-state index in [9.17, 15) is 9.59 Å². The van der Waals surface area contributed by atoms with Crippen molar-refractivity contribution in [3.63, 3.8) is 0 Å². The van der Waals surface area contributed by atoms with Crippen LogP contribution in [0.3, 0.4) is 0 Å². The Kier molecular flexibility index (Phi) is 7.05. The molecule has 0 saturated carbocycles. The van der Waals surface area contributed by atoms with E-state index in [0.717, 1.165) is 17.0 Å². The second-order valence-electron chi connectivity index (χ2n) is 6.91. The van der Waals surface area contributed by atoms with E-state index in [2.05, 4.69) is 16.0 Å². The topological polar surface area (TPSA) is 79.5 Å². The van der Waals surface area contributed by atoms with Gasteiger partial charge in [-0.25, -0.2) is 0 Å². The second-order valence-corrected chi connectivity index (χ2v) is 6.91. The van der Waals surface area contributed by atoms with Crippen LogP contribution in [0.4, 0.5) is 17.1 Å². The van der Waals surface area contributed by atoms with Gasteiger partial charge in [0.25, 0.3) is 0 Å². The Hall–Kier alpha value is -3.80. The number of carbonyl (C=O) groups excluding carboxylic acids is 2. The van der Waals surface area contributed by atoms with Crippen LogP contribution >= 0.6 is 0 Å². The number of carbonyl (C=O) groups is 2. The minimum atomic E-state index is -0.439. The fourth-order valence-electron chi connectivity index (χ4n) is 2.79. The molecular formula is C24H25N3O3. The molecule has 6 heteroatoms. The molecule has 0 saturated heterocycles. The molecule has 1 atom stereocenters. The van der Waals surface area contributed by atoms with Crippen LogP contribution in [0.2, 0.25) is 0 Å². The standard InChI is InChI=1S/C24H25N3O3/c1-17(25-20-8-10-21(11-9-20)26-18(2)28)24(29)27-22-12-14-23(15-13-22)30-16-19-6-4-3-5-7-19/h3-15,17,25H,16H2,1-2H3,(H,26,28)(H,27,29)/t17-/m1/s1. The summed E-state index contributed by atoms with van der Waals surface area (Å²) in [6.45, 7) is 3.74. The maximum atomic E-state index is 12.5. The third kappa shape index (κ3) is 6.38. The van der Waals surface area contributed by atoms with Crippen molar-refractivity contribution in [2.24, 2.45) is 0 Å². The fraction of sp³-hybridized carbons (Fsp3) is 0.167. The Morgan fingerprint density at radius 1 is 0.800 bits per heavy atom. The maximum absolute atomic E-state index is 12.5. The molecule has 0 unspecified atom stereocenters. The Labute approximate surface area is 176 Å². The van der Waals surface area contributed by atoms with Crippen LogP contribution in [0.15, 0.2) is 78.9 Å². The van der Waals surface area contributed by atoms with Gasteiger partial charge in [0.1, 0.15) is 18.4 Å². The predicted octanol–water partition coefficient (Wildman–Crippen LogP) is 4.66. The lowest BCUT2D eigenvalue weighted by Gasteiger charge is -2.16. The zero-order chi connectivity index (χ0) is 21.3. The first kappa shape index (κ1) is 20.9. The van der Waals surface area contributed by atoms with Crippen molar-refractivity contribution in [1.82, 2.24) is 0 Å². The summed E-state index contributed by atoms with van der Waals surface area (Å²) < 4.78 is 5.76. The molecule has 0 aliphatic rings. The van der Waals surface area contributed by atoms with Gasteiger partial charge in [-0.1, -0.05) is 30.3 Å². The van der Waals surface area contributed by atoms with Gasteiger partial charge < -0.3 is 20.7 Å². The van der Waals surface area contributed by atoms with Crippen molar-refractivity contribution in [1.29, 1.82) is 0 Å². The second kappa shape index (κ2) is 10.1. The first-order valence-corrected chi connectivity index (χ1v) is 9.71. The van der Waals surface area contributed by atoms with Crippen LogP contribution in [0, 0.1) is 0 Å². The molecule has 2 amide bonds. The molecule has 0 aliphatic carbocycles. The van der Waals surface area contributed by atoms with Gasteiger partial charge in [0, 0.05) is 24.0 Å². The fourth-order valence-corrected chi connectivity index (χ4v) is 2.79. The average molecular weight is 403 g/mol. The minimum absolute atomic E-state index is 0.125. The number of rotatable bonds is 8. The highest BCUT2D eigenvalue weighted by atomic mass is 16.5. The molecule has 0 aromatic heterocycles. The van der Waals surface area contributed by atoms with Gasteiger partial charge in [0.05, 0.1) is 0 Å². The average Bonchev–Trinajstić information content (AvgIpc) is 2.75. The van der Waals surface area contributed by atoms with E-state index in [1.807, 2.05) is 66.7 Å². The molecule has 0 bridgehead atoms. The van der Waals surface area contributed by atoms with Crippen molar-refractivity contribution < 1.29 is 14.3 Å². The summed E-state index contributed by atoms with van der Waals surface area (Å²) in [7, 11) is 0. The molecule has 0 heterocycles. The summed E-state index contributed by atoms with van der Waals surface area (Å²) in [5, 5.41) is 8.74. The third-order valence-electron chi connectivity index (χ3n) is 4.35. The molecule has 0 radical (unpaired) electrons. The van der Waals surface area contributed by atoms with Crippen molar-refractivity contribution in [2.75, 3.05) is 16.0 Å². The van der Waals surface area contributed by atoms with Crippen LogP contribution in [0.25, 0.3) is 0 Å². The van der Waals surface area contributed by atoms with Crippen molar-refractivity contribution in [3.8, 4) is 5.75 Å². The maximum Gasteiger partial charge on any atom is 0.246 e. The number of nitrogens with one attached hydrogen (secondary N) is 3. The number of ether oxygens (including phenoxy) is 1. The molecule has 3 aromatic rings. The van der Waals surface area contributed by atoms with Gasteiger partial charge in [-0.3, -0.25) is 9.59 Å². The normalized spacial score (nSPS) is 11.3. The number of amides is 2. The SMILES string of the molecule is CC(=O)Nc1ccc(N[C@H](C)C(=O)Nc2ccc(OCc3ccccc3)cc2)cc1. The predicted molar refractivity (Wildman–Crippen MR) is 120 cm³/mol. The van der Waals surface area contributed by atoms with Crippen molar-refractivity contribution in [2.45, 2.75) is 26.5 Å². The Morgan fingerprint density at radius 3 is 2.00 bits per heavy atom. The van der Waals surface area contributed by atoms with Crippen LogP contribution in [0.5, 0.6) is 5.75 Å². The highest BCUT2D eigenvalue weighted by Gasteiger charge is 2.13. The smallest absolute Gasteiger partial charge is 0.246 e. The van der Waals surface area contributed by atoms with Gasteiger partial charge in [0.15, 0.2) is 0 Å². The molecule has 3 N–H and O–H groups in total. The van der Waals surface area contributed by atoms with E-state index in [0.29, 0.717) is 18.0 Å². The molecule has 0 spiro atoms. The number of benzene rings is 3. The highest BCUT2D eigenvalue weighted by molar-refractivity contribution is 5.96. The van der Waals surface area contributed by atoms with Crippen molar-refractivity contribution >= 4 is 28.9 Å². The van der Waals surface area contributed by atoms with E-state index in [1.54, 1.807) is 19.1 Å². The van der Waals surface area contributed by atoms with Crippen LogP contribution in [-0.4, -0.2) is 17.9 Å². The monoisotopic (exact) mass is 403 g/mol. The summed E-state index contributed by atoms with van der Waals surface area (Å²) >= 11 is 0. The molecular weight excluding hydrogens is 378 g/mol. The van der Waals surface area contributed by atoms with E-state index < -0.39 is 6.04 Å². The van der Waals surface area contributed by atoms with Crippen LogP contribution < -0.4 is 20.7 Å². The van der Waals surface area contributed by atoms with Gasteiger partial charge in [-0.05, 0) is 61.0 Å². The molecule has 6 nitrogen and oxygen atoms in total. The van der Waals surface area contributed by atoms with E-state index in [-0.39, 0.29) is 11.8 Å². The van der Waals surface area contributed by atoms with Gasteiger partial charge >= 0.3 is 0 Å². The van der Waals surface area contributed by atoms with E-state index in [1.165, 1.54) is 6.92 Å². The summed E-state index contributed by atoms with van der Waals surface area (Å²) in [6.07, 6.45) is 0. The molecule has 30 heavy (non-hydrogen) atoms. The van der Waals surface area contributed by atoms with E-state index in [4.69, 9.17) is 4.74 Å². The lowest BCUT2D eigenvalue weighted by atomic mass is 10.2. The summed E-state index contributed by atoms with van der Waals surface area (Å²) in [5.74, 6) is 0.459. The quantitative estimate of drug-likeness (QED) is 0.511. The molecule has 0 aliphatic heterocycles. The summed E-state index contributed by atoms with van der Waals surface area (Å²) in [6, 6.07) is 24.0. The first-order valence-electron chi connectivity index (χ1n) is 9.71. The minimum Gasteiger partial charge on any atom is -0.489 e.